The number of hydrogen-bond acceptors (Lipinski definition) is 4. The van der Waals surface area contributed by atoms with E-state index in [-0.39, 0.29) is 23.7 Å². The lowest BCUT2D eigenvalue weighted by Gasteiger charge is -2.42. The first-order valence-electron chi connectivity index (χ1n) is 7.82. The van der Waals surface area contributed by atoms with Crippen molar-refractivity contribution < 1.29 is 4.79 Å². The summed E-state index contributed by atoms with van der Waals surface area (Å²) < 4.78 is 1.08. The summed E-state index contributed by atoms with van der Waals surface area (Å²) in [4.78, 5) is 16.7. The van der Waals surface area contributed by atoms with Gasteiger partial charge in [0.2, 0.25) is 0 Å². The molecule has 130 valence electrons. The molecule has 1 aliphatic rings. The average molecular weight is 431 g/mol. The SMILES string of the molecule is Cl.NCCc1nc(C(=O)NCC2(c3cccc(Br)c3)CCC2)cs1. The smallest absolute Gasteiger partial charge is 0.270 e. The predicted molar refractivity (Wildman–Crippen MR) is 104 cm³/mol. The number of halogens is 2. The highest BCUT2D eigenvalue weighted by atomic mass is 79.9. The predicted octanol–water partition coefficient (Wildman–Crippen LogP) is 3.68. The van der Waals surface area contributed by atoms with Crippen LogP contribution >= 0.6 is 39.7 Å². The first kappa shape index (κ1) is 19.4. The molecule has 7 heteroatoms. The Labute approximate surface area is 160 Å². The molecule has 1 aliphatic carbocycles. The van der Waals surface area contributed by atoms with Crippen molar-refractivity contribution in [2.75, 3.05) is 13.1 Å². The molecule has 3 rings (SSSR count). The summed E-state index contributed by atoms with van der Waals surface area (Å²) in [6.45, 7) is 1.21. The lowest BCUT2D eigenvalue weighted by Crippen LogP contribution is -2.45. The molecular weight excluding hydrogens is 410 g/mol. The minimum absolute atomic E-state index is 0. The Bertz CT molecular complexity index is 703. The van der Waals surface area contributed by atoms with E-state index in [9.17, 15) is 4.79 Å². The zero-order valence-corrected chi connectivity index (χ0v) is 16.5. The minimum Gasteiger partial charge on any atom is -0.350 e. The molecular formula is C17H21BrClN3OS. The number of amides is 1. The molecule has 0 bridgehead atoms. The maximum atomic E-state index is 12.3. The van der Waals surface area contributed by atoms with Gasteiger partial charge < -0.3 is 11.1 Å². The van der Waals surface area contributed by atoms with Gasteiger partial charge in [-0.2, -0.15) is 0 Å². The quantitative estimate of drug-likeness (QED) is 0.734. The number of aromatic nitrogens is 1. The number of nitrogens with two attached hydrogens (primary N) is 1. The van der Waals surface area contributed by atoms with Crippen LogP contribution in [0.3, 0.4) is 0 Å². The highest BCUT2D eigenvalue weighted by Crippen LogP contribution is 2.43. The second kappa shape index (κ2) is 8.43. The molecule has 0 atom stereocenters. The van der Waals surface area contributed by atoms with E-state index in [1.54, 1.807) is 0 Å². The van der Waals surface area contributed by atoms with Gasteiger partial charge in [0.15, 0.2) is 0 Å². The molecule has 1 aromatic carbocycles. The molecule has 3 N–H and O–H groups in total. The number of thiazole rings is 1. The second-order valence-electron chi connectivity index (χ2n) is 5.99. The third-order valence-electron chi connectivity index (χ3n) is 4.48. The van der Waals surface area contributed by atoms with Gasteiger partial charge in [0.1, 0.15) is 5.69 Å². The van der Waals surface area contributed by atoms with Gasteiger partial charge >= 0.3 is 0 Å². The van der Waals surface area contributed by atoms with E-state index < -0.39 is 0 Å². The summed E-state index contributed by atoms with van der Waals surface area (Å²) in [6.07, 6.45) is 4.15. The lowest BCUT2D eigenvalue weighted by molar-refractivity contribution is 0.0923. The number of carbonyl (C=O) groups excluding carboxylic acids is 1. The van der Waals surface area contributed by atoms with Crippen LogP contribution in [0.25, 0.3) is 0 Å². The fourth-order valence-corrected chi connectivity index (χ4v) is 4.18. The standard InChI is InChI=1S/C17H20BrN3OS.ClH/c18-13-4-1-3-12(9-13)17(6-2-7-17)11-20-16(22)14-10-23-15(21-14)5-8-19;/h1,3-4,9-10H,2,5-8,11,19H2,(H,20,22);1H. The number of benzene rings is 1. The molecule has 0 spiro atoms. The molecule has 0 aliphatic heterocycles. The molecule has 1 heterocycles. The molecule has 4 nitrogen and oxygen atoms in total. The Hall–Kier alpha value is -0.950. The van der Waals surface area contributed by atoms with Crippen LogP contribution in [0.5, 0.6) is 0 Å². The van der Waals surface area contributed by atoms with E-state index >= 15 is 0 Å². The Morgan fingerprint density at radius 3 is 2.83 bits per heavy atom. The Morgan fingerprint density at radius 2 is 2.21 bits per heavy atom. The summed E-state index contributed by atoms with van der Waals surface area (Å²) in [7, 11) is 0. The number of hydrogen-bond donors (Lipinski definition) is 2. The molecule has 1 saturated carbocycles. The van der Waals surface area contributed by atoms with Crippen LogP contribution in [0.2, 0.25) is 0 Å². The number of nitrogens with one attached hydrogen (secondary N) is 1. The minimum atomic E-state index is -0.0919. The van der Waals surface area contributed by atoms with Crippen molar-refractivity contribution in [1.29, 1.82) is 0 Å². The van der Waals surface area contributed by atoms with Crippen molar-refractivity contribution in [2.24, 2.45) is 5.73 Å². The largest absolute Gasteiger partial charge is 0.350 e. The van der Waals surface area contributed by atoms with Crippen LogP contribution in [-0.4, -0.2) is 24.0 Å². The van der Waals surface area contributed by atoms with E-state index in [0.717, 1.165) is 28.7 Å². The monoisotopic (exact) mass is 429 g/mol. The summed E-state index contributed by atoms with van der Waals surface area (Å²) in [5, 5.41) is 5.81. The molecule has 0 radical (unpaired) electrons. The van der Waals surface area contributed by atoms with Gasteiger partial charge in [-0.3, -0.25) is 4.79 Å². The van der Waals surface area contributed by atoms with Crippen molar-refractivity contribution in [3.8, 4) is 0 Å². The molecule has 24 heavy (non-hydrogen) atoms. The van der Waals surface area contributed by atoms with E-state index in [2.05, 4.69) is 44.4 Å². The van der Waals surface area contributed by atoms with Gasteiger partial charge in [0.05, 0.1) is 5.01 Å². The zero-order valence-electron chi connectivity index (χ0n) is 13.3. The summed E-state index contributed by atoms with van der Waals surface area (Å²) in [6, 6.07) is 8.40. The molecule has 0 saturated heterocycles. The number of rotatable bonds is 6. The summed E-state index contributed by atoms with van der Waals surface area (Å²) in [5.74, 6) is -0.0919. The van der Waals surface area contributed by atoms with E-state index in [1.165, 1.54) is 23.3 Å². The molecule has 2 aromatic rings. The Morgan fingerprint density at radius 1 is 1.42 bits per heavy atom. The van der Waals surface area contributed by atoms with Gasteiger partial charge in [0, 0.05) is 28.2 Å². The molecule has 1 amide bonds. The van der Waals surface area contributed by atoms with Crippen molar-refractivity contribution in [2.45, 2.75) is 31.1 Å². The normalized spacial score (nSPS) is 15.2. The average Bonchev–Trinajstić information content (AvgIpc) is 2.95. The number of nitrogens with zero attached hydrogens (tertiary/aromatic N) is 1. The third-order valence-corrected chi connectivity index (χ3v) is 5.88. The van der Waals surface area contributed by atoms with Crippen molar-refractivity contribution >= 4 is 45.6 Å². The molecule has 1 fully saturated rings. The van der Waals surface area contributed by atoms with Crippen LogP contribution in [0.15, 0.2) is 34.1 Å². The fourth-order valence-electron chi connectivity index (χ4n) is 2.98. The topological polar surface area (TPSA) is 68.0 Å². The lowest BCUT2D eigenvalue weighted by atomic mass is 9.64. The Kier molecular flexibility index (Phi) is 6.80. The van der Waals surface area contributed by atoms with Crippen molar-refractivity contribution in [1.82, 2.24) is 10.3 Å². The molecule has 0 unspecified atom stereocenters. The molecule has 1 aromatic heterocycles. The number of carbonyl (C=O) groups is 1. The van der Waals surface area contributed by atoms with Crippen LogP contribution in [0, 0.1) is 0 Å². The van der Waals surface area contributed by atoms with Crippen LogP contribution in [0.4, 0.5) is 0 Å². The van der Waals surface area contributed by atoms with Gasteiger partial charge in [-0.05, 0) is 37.1 Å². The third kappa shape index (κ3) is 4.17. The fraction of sp³-hybridized carbons (Fsp3) is 0.412. The summed E-state index contributed by atoms with van der Waals surface area (Å²) in [5.41, 5.74) is 7.39. The highest BCUT2D eigenvalue weighted by Gasteiger charge is 2.39. The zero-order chi connectivity index (χ0) is 16.3. The van der Waals surface area contributed by atoms with E-state index in [4.69, 9.17) is 5.73 Å². The first-order chi connectivity index (χ1) is 11.1. The van der Waals surface area contributed by atoms with Crippen LogP contribution in [0.1, 0.15) is 40.3 Å². The van der Waals surface area contributed by atoms with Gasteiger partial charge in [-0.15, -0.1) is 23.7 Å². The van der Waals surface area contributed by atoms with E-state index in [1.807, 2.05) is 11.4 Å². The Balaban J connectivity index is 0.00000208. The van der Waals surface area contributed by atoms with E-state index in [0.29, 0.717) is 18.8 Å². The van der Waals surface area contributed by atoms with Crippen LogP contribution in [-0.2, 0) is 11.8 Å². The second-order valence-corrected chi connectivity index (χ2v) is 7.85. The van der Waals surface area contributed by atoms with Gasteiger partial charge in [0.25, 0.3) is 5.91 Å². The maximum absolute atomic E-state index is 12.3. The van der Waals surface area contributed by atoms with Crippen molar-refractivity contribution in [3.63, 3.8) is 0 Å². The highest BCUT2D eigenvalue weighted by molar-refractivity contribution is 9.10. The van der Waals surface area contributed by atoms with Crippen LogP contribution < -0.4 is 11.1 Å². The van der Waals surface area contributed by atoms with Gasteiger partial charge in [-0.25, -0.2) is 4.98 Å². The summed E-state index contributed by atoms with van der Waals surface area (Å²) >= 11 is 5.03. The van der Waals surface area contributed by atoms with Gasteiger partial charge in [-0.1, -0.05) is 34.5 Å². The van der Waals surface area contributed by atoms with Crippen molar-refractivity contribution in [3.05, 3.63) is 50.4 Å². The first-order valence-corrected chi connectivity index (χ1v) is 9.49. The maximum Gasteiger partial charge on any atom is 0.270 e.